The summed E-state index contributed by atoms with van der Waals surface area (Å²) in [4.78, 5) is 25.8. The second-order valence-electron chi connectivity index (χ2n) is 7.96. The molecule has 0 saturated carbocycles. The third kappa shape index (κ3) is 5.64. The van der Waals surface area contributed by atoms with Crippen LogP contribution in [-0.2, 0) is 9.59 Å². The van der Waals surface area contributed by atoms with E-state index in [1.807, 2.05) is 44.9 Å². The van der Waals surface area contributed by atoms with Crippen LogP contribution in [0, 0.1) is 11.3 Å². The molecule has 1 amide bonds. The second kappa shape index (κ2) is 8.78. The third-order valence-corrected chi connectivity index (χ3v) is 5.31. The number of hydrogen-bond donors (Lipinski definition) is 3. The molecule has 1 unspecified atom stereocenters. The molecule has 0 aromatic heterocycles. The predicted molar refractivity (Wildman–Crippen MR) is 103 cm³/mol. The van der Waals surface area contributed by atoms with E-state index in [1.54, 1.807) is 6.20 Å². The second-order valence-corrected chi connectivity index (χ2v) is 8.95. The number of aliphatic carboxylic acids is 1. The molecule has 0 aromatic carbocycles. The van der Waals surface area contributed by atoms with Crippen LogP contribution in [0.15, 0.2) is 11.8 Å². The summed E-state index contributed by atoms with van der Waals surface area (Å²) >= 11 is 1.50. The van der Waals surface area contributed by atoms with Crippen LogP contribution in [0.3, 0.4) is 0 Å². The third-order valence-electron chi connectivity index (χ3n) is 4.67. The summed E-state index contributed by atoms with van der Waals surface area (Å²) in [5.41, 5.74) is 5.41. The number of nitrogens with zero attached hydrogens (tertiary/aromatic N) is 2. The van der Waals surface area contributed by atoms with Crippen LogP contribution >= 0.6 is 11.8 Å². The summed E-state index contributed by atoms with van der Waals surface area (Å²) in [6.07, 6.45) is 5.19. The molecule has 4 N–H and O–H groups in total. The lowest BCUT2D eigenvalue weighted by Gasteiger charge is -2.54. The number of nitrogens with two attached hydrogens (primary N) is 1. The minimum atomic E-state index is -1.10. The summed E-state index contributed by atoms with van der Waals surface area (Å²) in [6, 6.07) is 0.951. The van der Waals surface area contributed by atoms with E-state index in [0.29, 0.717) is 12.2 Å². The van der Waals surface area contributed by atoms with Gasteiger partial charge in [-0.3, -0.25) is 4.79 Å². The number of amides is 1. The molecule has 0 bridgehead atoms. The van der Waals surface area contributed by atoms with Crippen molar-refractivity contribution >= 4 is 23.6 Å². The van der Waals surface area contributed by atoms with Crippen LogP contribution in [0.2, 0.25) is 0 Å². The van der Waals surface area contributed by atoms with Crippen LogP contribution in [0.4, 0.5) is 0 Å². The van der Waals surface area contributed by atoms with Gasteiger partial charge in [-0.25, -0.2) is 4.79 Å². The zero-order chi connectivity index (χ0) is 20.1. The molecular formula is C18H30N4O3S. The number of likely N-dealkylation sites (tertiary alicyclic amines) is 1. The van der Waals surface area contributed by atoms with Gasteiger partial charge in [-0.05, 0) is 59.0 Å². The average molecular weight is 383 g/mol. The summed E-state index contributed by atoms with van der Waals surface area (Å²) in [5.74, 6) is -1.16. The normalized spacial score (nSPS) is 21.0. The van der Waals surface area contributed by atoms with Crippen molar-refractivity contribution in [3.63, 3.8) is 0 Å². The van der Waals surface area contributed by atoms with Crippen LogP contribution < -0.4 is 11.1 Å². The minimum Gasteiger partial charge on any atom is -0.480 e. The average Bonchev–Trinajstić information content (AvgIpc) is 2.48. The fourth-order valence-corrected chi connectivity index (χ4v) is 4.19. The van der Waals surface area contributed by atoms with E-state index in [0.717, 1.165) is 12.8 Å². The molecule has 1 aliphatic rings. The Hall–Kier alpha value is -1.72. The number of nitrogens with one attached hydrogen (secondary N) is 1. The molecule has 1 fully saturated rings. The van der Waals surface area contributed by atoms with Gasteiger partial charge in [0, 0.05) is 23.3 Å². The SMILES string of the molecule is CSCCC(NC(=O)/C(C#N)=C\N1C(C)(C)CC(N)CC1(C)C)C(=O)O. The first-order chi connectivity index (χ1) is 11.9. The van der Waals surface area contributed by atoms with Gasteiger partial charge in [0.1, 0.15) is 17.7 Å². The van der Waals surface area contributed by atoms with E-state index in [2.05, 4.69) is 5.32 Å². The topological polar surface area (TPSA) is 119 Å². The first-order valence-electron chi connectivity index (χ1n) is 8.64. The van der Waals surface area contributed by atoms with Crippen molar-refractivity contribution in [2.24, 2.45) is 5.73 Å². The lowest BCUT2D eigenvalue weighted by atomic mass is 9.77. The lowest BCUT2D eigenvalue weighted by molar-refractivity contribution is -0.141. The number of carbonyl (C=O) groups is 2. The smallest absolute Gasteiger partial charge is 0.326 e. The molecule has 1 rings (SSSR count). The van der Waals surface area contributed by atoms with Crippen molar-refractivity contribution in [3.05, 3.63) is 11.8 Å². The maximum atomic E-state index is 12.5. The highest BCUT2D eigenvalue weighted by Crippen LogP contribution is 2.38. The molecule has 1 aliphatic heterocycles. The Labute approximate surface area is 160 Å². The molecule has 146 valence electrons. The van der Waals surface area contributed by atoms with Gasteiger partial charge in [0.2, 0.25) is 0 Å². The number of thioether (sulfide) groups is 1. The Kier molecular flexibility index (Phi) is 7.54. The molecular weight excluding hydrogens is 352 g/mol. The fourth-order valence-electron chi connectivity index (χ4n) is 3.72. The molecule has 1 heterocycles. The number of rotatable bonds is 7. The monoisotopic (exact) mass is 382 g/mol. The van der Waals surface area contributed by atoms with E-state index in [1.165, 1.54) is 11.8 Å². The van der Waals surface area contributed by atoms with Crippen molar-refractivity contribution < 1.29 is 14.7 Å². The summed E-state index contributed by atoms with van der Waals surface area (Å²) in [5, 5.41) is 21.2. The van der Waals surface area contributed by atoms with Crippen molar-refractivity contribution in [1.29, 1.82) is 5.26 Å². The number of nitriles is 1. The number of carboxylic acids is 1. The van der Waals surface area contributed by atoms with Gasteiger partial charge in [0.05, 0.1) is 0 Å². The van der Waals surface area contributed by atoms with Gasteiger partial charge in [-0.15, -0.1) is 0 Å². The summed E-state index contributed by atoms with van der Waals surface area (Å²) < 4.78 is 0. The van der Waals surface area contributed by atoms with Gasteiger partial charge in [-0.2, -0.15) is 17.0 Å². The fraction of sp³-hybridized carbons (Fsp3) is 0.722. The Morgan fingerprint density at radius 2 is 1.92 bits per heavy atom. The Morgan fingerprint density at radius 3 is 2.35 bits per heavy atom. The van der Waals surface area contributed by atoms with E-state index < -0.39 is 17.9 Å². The van der Waals surface area contributed by atoms with E-state index in [-0.39, 0.29) is 22.7 Å². The molecule has 1 atom stereocenters. The van der Waals surface area contributed by atoms with Crippen molar-refractivity contribution in [1.82, 2.24) is 10.2 Å². The van der Waals surface area contributed by atoms with Gasteiger partial charge in [0.25, 0.3) is 5.91 Å². The Bertz CT molecular complexity index is 592. The molecule has 1 saturated heterocycles. The summed E-state index contributed by atoms with van der Waals surface area (Å²) in [7, 11) is 0. The van der Waals surface area contributed by atoms with E-state index in [4.69, 9.17) is 5.73 Å². The molecule has 0 radical (unpaired) electrons. The largest absolute Gasteiger partial charge is 0.480 e. The predicted octanol–water partition coefficient (Wildman–Crippen LogP) is 1.70. The van der Waals surface area contributed by atoms with Crippen molar-refractivity contribution in [2.45, 2.75) is 70.1 Å². The highest BCUT2D eigenvalue weighted by molar-refractivity contribution is 7.98. The Balaban J connectivity index is 3.06. The molecule has 7 nitrogen and oxygen atoms in total. The highest BCUT2D eigenvalue weighted by Gasteiger charge is 2.43. The maximum absolute atomic E-state index is 12.5. The molecule has 0 aliphatic carbocycles. The van der Waals surface area contributed by atoms with Crippen molar-refractivity contribution in [3.8, 4) is 6.07 Å². The van der Waals surface area contributed by atoms with Gasteiger partial charge in [-0.1, -0.05) is 0 Å². The van der Waals surface area contributed by atoms with Crippen LogP contribution in [-0.4, -0.2) is 57.1 Å². The first kappa shape index (κ1) is 22.3. The number of carbonyl (C=O) groups excluding carboxylic acids is 1. The van der Waals surface area contributed by atoms with Gasteiger partial charge < -0.3 is 21.1 Å². The maximum Gasteiger partial charge on any atom is 0.326 e. The lowest BCUT2D eigenvalue weighted by Crippen LogP contribution is -2.61. The van der Waals surface area contributed by atoms with Gasteiger partial charge >= 0.3 is 5.97 Å². The quantitative estimate of drug-likeness (QED) is 0.453. The highest BCUT2D eigenvalue weighted by atomic mass is 32.2. The van der Waals surface area contributed by atoms with Gasteiger partial charge in [0.15, 0.2) is 0 Å². The number of piperidine rings is 1. The molecule has 8 heteroatoms. The Morgan fingerprint density at radius 1 is 1.38 bits per heavy atom. The zero-order valence-corrected chi connectivity index (χ0v) is 17.0. The minimum absolute atomic E-state index is 0.0481. The van der Waals surface area contributed by atoms with E-state index in [9.17, 15) is 20.0 Å². The first-order valence-corrected chi connectivity index (χ1v) is 10.0. The zero-order valence-electron chi connectivity index (χ0n) is 16.2. The molecule has 26 heavy (non-hydrogen) atoms. The van der Waals surface area contributed by atoms with Crippen LogP contribution in [0.25, 0.3) is 0 Å². The molecule has 0 aromatic rings. The molecule has 0 spiro atoms. The number of carboxylic acid groups (broad SMARTS) is 1. The van der Waals surface area contributed by atoms with Crippen LogP contribution in [0.5, 0.6) is 0 Å². The standard InChI is InChI=1S/C18H30N4O3S/c1-17(2)8-13(20)9-18(3,4)22(17)11-12(10-19)15(23)21-14(16(24)25)6-7-26-5/h11,13-14H,6-9,20H2,1-5H3,(H,21,23)(H,24,25)/b12-11-. The van der Waals surface area contributed by atoms with Crippen molar-refractivity contribution in [2.75, 3.05) is 12.0 Å². The van der Waals surface area contributed by atoms with E-state index >= 15 is 0 Å². The van der Waals surface area contributed by atoms with Crippen LogP contribution in [0.1, 0.15) is 47.0 Å². The summed E-state index contributed by atoms with van der Waals surface area (Å²) in [6.45, 7) is 8.09. The number of hydrogen-bond acceptors (Lipinski definition) is 6.